The predicted molar refractivity (Wildman–Crippen MR) is 86.7 cm³/mol. The molecule has 0 spiro atoms. The van der Waals surface area contributed by atoms with Gasteiger partial charge in [-0.3, -0.25) is 4.79 Å². The van der Waals surface area contributed by atoms with Gasteiger partial charge in [0, 0.05) is 18.5 Å². The van der Waals surface area contributed by atoms with Gasteiger partial charge in [0.05, 0.1) is 4.47 Å². The summed E-state index contributed by atoms with van der Waals surface area (Å²) in [5.41, 5.74) is 8.13. The van der Waals surface area contributed by atoms with Crippen molar-refractivity contribution < 1.29 is 9.18 Å². The van der Waals surface area contributed by atoms with Crippen LogP contribution in [0.3, 0.4) is 0 Å². The van der Waals surface area contributed by atoms with Crippen molar-refractivity contribution in [3.8, 4) is 0 Å². The average molecular weight is 350 g/mol. The lowest BCUT2D eigenvalue weighted by Crippen LogP contribution is -2.08. The van der Waals surface area contributed by atoms with E-state index >= 15 is 0 Å². The van der Waals surface area contributed by atoms with E-state index in [1.54, 1.807) is 12.1 Å². The summed E-state index contributed by atoms with van der Waals surface area (Å²) in [4.78, 5) is 12.2. The number of benzene rings is 2. The largest absolute Gasteiger partial charge is 0.399 e. The van der Waals surface area contributed by atoms with Crippen molar-refractivity contribution in [3.05, 3.63) is 63.9 Å². The minimum absolute atomic E-state index is 0.0885. The highest BCUT2D eigenvalue weighted by atomic mass is 79.9. The molecule has 0 aliphatic rings. The molecule has 4 heteroatoms. The predicted octanol–water partition coefficient (Wildman–Crippen LogP) is 4.48. The minimum Gasteiger partial charge on any atom is -0.399 e. The summed E-state index contributed by atoms with van der Waals surface area (Å²) in [5, 5.41) is 0. The van der Waals surface area contributed by atoms with E-state index in [0.29, 0.717) is 22.1 Å². The summed E-state index contributed by atoms with van der Waals surface area (Å²) >= 11 is 3.19. The van der Waals surface area contributed by atoms with Crippen molar-refractivity contribution in [2.45, 2.75) is 25.7 Å². The van der Waals surface area contributed by atoms with Crippen LogP contribution >= 0.6 is 15.9 Å². The van der Waals surface area contributed by atoms with E-state index in [1.165, 1.54) is 6.07 Å². The van der Waals surface area contributed by atoms with E-state index in [2.05, 4.69) is 15.9 Å². The number of rotatable bonds is 5. The van der Waals surface area contributed by atoms with Crippen molar-refractivity contribution in [2.24, 2.45) is 0 Å². The Kier molecular flexibility index (Phi) is 5.12. The first kappa shape index (κ1) is 15.7. The molecule has 2 aromatic rings. The quantitative estimate of drug-likeness (QED) is 0.809. The van der Waals surface area contributed by atoms with Crippen LogP contribution in [0, 0.1) is 5.82 Å². The summed E-state index contributed by atoms with van der Waals surface area (Å²) in [6.07, 6.45) is 0.657. The average Bonchev–Trinajstić information content (AvgIpc) is 2.44. The van der Waals surface area contributed by atoms with Gasteiger partial charge in [-0.15, -0.1) is 0 Å². The number of hydrogen-bond acceptors (Lipinski definition) is 2. The number of hydrogen-bond donors (Lipinski definition) is 1. The lowest BCUT2D eigenvalue weighted by Gasteiger charge is -2.12. The molecule has 0 amide bonds. The Labute approximate surface area is 132 Å². The molecule has 0 heterocycles. The Morgan fingerprint density at radius 2 is 1.90 bits per heavy atom. The molecule has 1 unspecified atom stereocenters. The van der Waals surface area contributed by atoms with Crippen LogP contribution in [0.2, 0.25) is 0 Å². The van der Waals surface area contributed by atoms with E-state index in [9.17, 15) is 9.18 Å². The molecule has 0 bridgehead atoms. The first-order chi connectivity index (χ1) is 9.97. The van der Waals surface area contributed by atoms with Crippen LogP contribution in [-0.4, -0.2) is 5.78 Å². The molecule has 1 atom stereocenters. The summed E-state index contributed by atoms with van der Waals surface area (Å²) in [7, 11) is 0. The summed E-state index contributed by atoms with van der Waals surface area (Å²) in [6.45, 7) is 2.00. The third-order valence-corrected chi connectivity index (χ3v) is 4.35. The maximum absolute atomic E-state index is 13.4. The molecule has 0 aliphatic heterocycles. The Bertz CT molecular complexity index is 640. The van der Waals surface area contributed by atoms with Gasteiger partial charge in [0.1, 0.15) is 11.6 Å². The van der Waals surface area contributed by atoms with Crippen molar-refractivity contribution >= 4 is 27.4 Å². The lowest BCUT2D eigenvalue weighted by molar-refractivity contribution is -0.118. The standard InChI is InChI=1S/C17H17BrFNO/c1-11(12-5-7-14(20)8-6-12)9-15(21)10-13-3-2-4-16(19)17(13)18/h2-8,11H,9-10,20H2,1H3. The number of halogens is 2. The van der Waals surface area contributed by atoms with Crippen LogP contribution in [0.4, 0.5) is 10.1 Å². The minimum atomic E-state index is -0.341. The molecule has 21 heavy (non-hydrogen) atoms. The fraction of sp³-hybridized carbons (Fsp3) is 0.235. The molecule has 2 rings (SSSR count). The molecule has 0 fully saturated rings. The molecule has 0 radical (unpaired) electrons. The lowest BCUT2D eigenvalue weighted by atomic mass is 9.93. The molecule has 110 valence electrons. The van der Waals surface area contributed by atoms with Gasteiger partial charge in [0.15, 0.2) is 0 Å². The summed E-state index contributed by atoms with van der Waals surface area (Å²) in [6, 6.07) is 12.3. The third-order valence-electron chi connectivity index (χ3n) is 3.46. The van der Waals surface area contributed by atoms with Crippen LogP contribution in [-0.2, 0) is 11.2 Å². The van der Waals surface area contributed by atoms with Crippen LogP contribution < -0.4 is 5.73 Å². The van der Waals surface area contributed by atoms with E-state index in [0.717, 1.165) is 5.56 Å². The summed E-state index contributed by atoms with van der Waals surface area (Å²) < 4.78 is 13.8. The van der Waals surface area contributed by atoms with Crippen LogP contribution in [0.5, 0.6) is 0 Å². The van der Waals surface area contributed by atoms with Crippen molar-refractivity contribution in [2.75, 3.05) is 5.73 Å². The number of carbonyl (C=O) groups excluding carboxylic acids is 1. The number of anilines is 1. The van der Waals surface area contributed by atoms with Crippen LogP contribution in [0.1, 0.15) is 30.4 Å². The van der Waals surface area contributed by atoms with Gasteiger partial charge < -0.3 is 5.73 Å². The van der Waals surface area contributed by atoms with Crippen molar-refractivity contribution in [1.29, 1.82) is 0 Å². The smallest absolute Gasteiger partial charge is 0.137 e. The molecule has 0 aromatic heterocycles. The van der Waals surface area contributed by atoms with Crippen molar-refractivity contribution in [3.63, 3.8) is 0 Å². The molecule has 2 nitrogen and oxygen atoms in total. The maximum atomic E-state index is 13.4. The van der Waals surface area contributed by atoms with Gasteiger partial charge in [-0.05, 0) is 51.2 Å². The number of Topliss-reactive ketones (excluding diaryl/α,β-unsaturated/α-hetero) is 1. The second kappa shape index (κ2) is 6.85. The van der Waals surface area contributed by atoms with Gasteiger partial charge in [-0.25, -0.2) is 4.39 Å². The first-order valence-corrected chi connectivity index (χ1v) is 7.56. The number of ketones is 1. The van der Waals surface area contributed by atoms with E-state index < -0.39 is 0 Å². The SMILES string of the molecule is CC(CC(=O)Cc1cccc(F)c1Br)c1ccc(N)cc1. The highest BCUT2D eigenvalue weighted by molar-refractivity contribution is 9.10. The zero-order valence-corrected chi connectivity index (χ0v) is 13.4. The monoisotopic (exact) mass is 349 g/mol. The van der Waals surface area contributed by atoms with Gasteiger partial charge in [0.25, 0.3) is 0 Å². The second-order valence-electron chi connectivity index (χ2n) is 5.20. The van der Waals surface area contributed by atoms with E-state index in [4.69, 9.17) is 5.73 Å². The Hall–Kier alpha value is -1.68. The number of nitrogen functional groups attached to an aromatic ring is 1. The van der Waals surface area contributed by atoms with E-state index in [-0.39, 0.29) is 23.9 Å². The topological polar surface area (TPSA) is 43.1 Å². The van der Waals surface area contributed by atoms with Gasteiger partial charge in [-0.1, -0.05) is 31.2 Å². The van der Waals surface area contributed by atoms with Crippen LogP contribution in [0.15, 0.2) is 46.9 Å². The Morgan fingerprint density at radius 1 is 1.24 bits per heavy atom. The molecule has 0 aliphatic carbocycles. The molecule has 0 saturated carbocycles. The molecular weight excluding hydrogens is 333 g/mol. The second-order valence-corrected chi connectivity index (χ2v) is 5.99. The van der Waals surface area contributed by atoms with Gasteiger partial charge in [-0.2, -0.15) is 0 Å². The van der Waals surface area contributed by atoms with Gasteiger partial charge in [0.2, 0.25) is 0 Å². The molecule has 2 aromatic carbocycles. The fourth-order valence-corrected chi connectivity index (χ4v) is 2.66. The maximum Gasteiger partial charge on any atom is 0.137 e. The Morgan fingerprint density at radius 3 is 2.57 bits per heavy atom. The molecule has 2 N–H and O–H groups in total. The zero-order valence-electron chi connectivity index (χ0n) is 11.8. The van der Waals surface area contributed by atoms with Crippen molar-refractivity contribution in [1.82, 2.24) is 0 Å². The third kappa shape index (κ3) is 4.14. The fourth-order valence-electron chi connectivity index (χ4n) is 2.25. The highest BCUT2D eigenvalue weighted by Gasteiger charge is 2.14. The first-order valence-electron chi connectivity index (χ1n) is 6.77. The number of nitrogens with two attached hydrogens (primary N) is 1. The van der Waals surface area contributed by atoms with E-state index in [1.807, 2.05) is 31.2 Å². The van der Waals surface area contributed by atoms with Gasteiger partial charge >= 0.3 is 0 Å². The highest BCUT2D eigenvalue weighted by Crippen LogP contribution is 2.24. The van der Waals surface area contributed by atoms with Crippen LogP contribution in [0.25, 0.3) is 0 Å². The Balaban J connectivity index is 2.01. The zero-order chi connectivity index (χ0) is 15.4. The number of carbonyl (C=O) groups is 1. The molecular formula is C17H17BrFNO. The summed E-state index contributed by atoms with van der Waals surface area (Å²) in [5.74, 6) is -0.136. The normalized spacial score (nSPS) is 12.1. The molecule has 0 saturated heterocycles.